The quantitative estimate of drug-likeness (QED) is 0.669. The number of hydrogen-bond donors (Lipinski definition) is 2. The first-order valence-corrected chi connectivity index (χ1v) is 10.7. The highest BCUT2D eigenvalue weighted by atomic mass is 16.1. The molecular formula is C22H31N6O+. The van der Waals surface area contributed by atoms with Gasteiger partial charge in [0.05, 0.1) is 24.2 Å². The summed E-state index contributed by atoms with van der Waals surface area (Å²) in [6.45, 7) is 10.6. The topological polar surface area (TPSA) is 80.9 Å². The first kappa shape index (κ1) is 19.8. The Balaban J connectivity index is 1.91. The molecule has 3 heterocycles. The third-order valence-corrected chi connectivity index (χ3v) is 6.50. The number of aromatic amines is 1. The van der Waals surface area contributed by atoms with Crippen molar-refractivity contribution in [2.75, 3.05) is 13.1 Å². The van der Waals surface area contributed by atoms with Crippen molar-refractivity contribution in [1.29, 1.82) is 0 Å². The summed E-state index contributed by atoms with van der Waals surface area (Å²) in [7, 11) is 0. The van der Waals surface area contributed by atoms with Gasteiger partial charge in [-0.25, -0.2) is 4.68 Å². The molecule has 4 rings (SSSR count). The average Bonchev–Trinajstić information content (AvgIpc) is 3.41. The lowest BCUT2D eigenvalue weighted by Crippen LogP contribution is -3.10. The van der Waals surface area contributed by atoms with Crippen LogP contribution < -0.4 is 10.5 Å². The van der Waals surface area contributed by atoms with Crippen LogP contribution in [0.3, 0.4) is 0 Å². The van der Waals surface area contributed by atoms with Crippen LogP contribution in [-0.4, -0.2) is 38.3 Å². The standard InChI is InChI=1S/C22H30N6O/c1-5-15-9-10-18-16(13-15)14-17(21(29)23-18)19(27-11-7-8-12-27)20-24-25-26-28(20)22(3,4)6-2/h9-10,13-14,19H,5-8,11-12H2,1-4H3,(H,23,29)/p+1/t19-/m0/s1. The van der Waals surface area contributed by atoms with Crippen LogP contribution in [-0.2, 0) is 12.0 Å². The number of nitrogens with zero attached hydrogens (tertiary/aromatic N) is 4. The van der Waals surface area contributed by atoms with Crippen LogP contribution in [0, 0.1) is 0 Å². The van der Waals surface area contributed by atoms with Gasteiger partial charge in [-0.1, -0.05) is 19.9 Å². The second-order valence-electron chi connectivity index (χ2n) is 8.74. The molecule has 7 heteroatoms. The van der Waals surface area contributed by atoms with Crippen molar-refractivity contribution >= 4 is 10.9 Å². The lowest BCUT2D eigenvalue weighted by atomic mass is 9.99. The van der Waals surface area contributed by atoms with Crippen molar-refractivity contribution < 1.29 is 4.90 Å². The highest BCUT2D eigenvalue weighted by Crippen LogP contribution is 2.25. The number of fused-ring (bicyclic) bond motifs is 1. The van der Waals surface area contributed by atoms with Gasteiger partial charge in [-0.15, -0.1) is 5.10 Å². The van der Waals surface area contributed by atoms with Gasteiger partial charge < -0.3 is 9.88 Å². The number of likely N-dealkylation sites (tertiary alicyclic amines) is 1. The molecule has 0 radical (unpaired) electrons. The lowest BCUT2D eigenvalue weighted by Gasteiger charge is -2.29. The normalized spacial score (nSPS) is 16.6. The number of H-pyrrole nitrogens is 1. The first-order valence-electron chi connectivity index (χ1n) is 10.7. The molecule has 7 nitrogen and oxygen atoms in total. The molecule has 0 aliphatic carbocycles. The lowest BCUT2D eigenvalue weighted by molar-refractivity contribution is -0.914. The summed E-state index contributed by atoms with van der Waals surface area (Å²) >= 11 is 0. The molecule has 1 aromatic carbocycles. The van der Waals surface area contributed by atoms with Gasteiger partial charge in [-0.3, -0.25) is 4.79 Å². The summed E-state index contributed by atoms with van der Waals surface area (Å²) in [5.41, 5.74) is 2.63. The second kappa shape index (κ2) is 7.71. The fourth-order valence-corrected chi connectivity index (χ4v) is 4.32. The van der Waals surface area contributed by atoms with Crippen molar-refractivity contribution in [3.63, 3.8) is 0 Å². The van der Waals surface area contributed by atoms with Crippen molar-refractivity contribution in [2.45, 2.75) is 65.0 Å². The van der Waals surface area contributed by atoms with E-state index in [-0.39, 0.29) is 17.1 Å². The van der Waals surface area contributed by atoms with Crippen molar-refractivity contribution in [3.05, 3.63) is 51.6 Å². The SMILES string of the molecule is CCc1ccc2[nH]c(=O)c([C@@H](c3nnnn3C(C)(C)CC)[NH+]3CCCC3)cc2c1. The van der Waals surface area contributed by atoms with Gasteiger partial charge in [0, 0.05) is 18.4 Å². The van der Waals surface area contributed by atoms with Gasteiger partial charge in [-0.2, -0.15) is 0 Å². The molecule has 1 aliphatic heterocycles. The van der Waals surface area contributed by atoms with Gasteiger partial charge in [-0.05, 0) is 66.3 Å². The summed E-state index contributed by atoms with van der Waals surface area (Å²) in [5.74, 6) is 0.783. The van der Waals surface area contributed by atoms with E-state index in [0.29, 0.717) is 0 Å². The first-order chi connectivity index (χ1) is 13.9. The maximum atomic E-state index is 13.2. The monoisotopic (exact) mass is 395 g/mol. The molecule has 0 saturated carbocycles. The number of aromatic nitrogens is 5. The Morgan fingerprint density at radius 2 is 1.97 bits per heavy atom. The van der Waals surface area contributed by atoms with Crippen molar-refractivity contribution in [1.82, 2.24) is 25.2 Å². The molecule has 1 saturated heterocycles. The number of aryl methyl sites for hydroxylation is 1. The van der Waals surface area contributed by atoms with Crippen LogP contribution in [0.15, 0.2) is 29.1 Å². The average molecular weight is 396 g/mol. The molecule has 1 fully saturated rings. The van der Waals surface area contributed by atoms with E-state index in [1.54, 1.807) is 0 Å². The zero-order chi connectivity index (χ0) is 20.6. The third-order valence-electron chi connectivity index (χ3n) is 6.50. The maximum absolute atomic E-state index is 13.2. The molecule has 0 spiro atoms. The molecule has 0 bridgehead atoms. The molecule has 29 heavy (non-hydrogen) atoms. The zero-order valence-electron chi connectivity index (χ0n) is 17.8. The minimum absolute atomic E-state index is 0.0463. The van der Waals surface area contributed by atoms with Crippen molar-refractivity contribution in [2.24, 2.45) is 0 Å². The minimum atomic E-state index is -0.213. The molecule has 1 aliphatic rings. The Kier molecular flexibility index (Phi) is 5.25. The predicted molar refractivity (Wildman–Crippen MR) is 113 cm³/mol. The van der Waals surface area contributed by atoms with E-state index in [1.165, 1.54) is 10.5 Å². The summed E-state index contributed by atoms with van der Waals surface area (Å²) in [5, 5.41) is 13.8. The van der Waals surface area contributed by atoms with Crippen LogP contribution in [0.4, 0.5) is 0 Å². The fourth-order valence-electron chi connectivity index (χ4n) is 4.32. The zero-order valence-corrected chi connectivity index (χ0v) is 17.8. The van der Waals surface area contributed by atoms with Gasteiger partial charge >= 0.3 is 0 Å². The Bertz CT molecular complexity index is 1060. The van der Waals surface area contributed by atoms with E-state index < -0.39 is 0 Å². The third kappa shape index (κ3) is 3.59. The number of tetrazole rings is 1. The Morgan fingerprint density at radius 1 is 1.21 bits per heavy atom. The summed E-state index contributed by atoms with van der Waals surface area (Å²) in [6.07, 6.45) is 4.20. The minimum Gasteiger partial charge on any atom is -0.322 e. The Labute approximate surface area is 171 Å². The summed E-state index contributed by atoms with van der Waals surface area (Å²) < 4.78 is 1.93. The van der Waals surface area contributed by atoms with Crippen LogP contribution in [0.2, 0.25) is 0 Å². The number of benzene rings is 1. The number of quaternary nitrogens is 1. The molecule has 0 amide bonds. The smallest absolute Gasteiger partial charge is 0.258 e. The molecular weight excluding hydrogens is 364 g/mol. The van der Waals surface area contributed by atoms with Crippen LogP contribution in [0.25, 0.3) is 10.9 Å². The Hall–Kier alpha value is -2.54. The molecule has 2 N–H and O–H groups in total. The van der Waals surface area contributed by atoms with Crippen LogP contribution in [0.1, 0.15) is 70.0 Å². The number of nitrogens with one attached hydrogen (secondary N) is 2. The predicted octanol–water partition coefficient (Wildman–Crippen LogP) is 1.99. The second-order valence-corrected chi connectivity index (χ2v) is 8.74. The highest BCUT2D eigenvalue weighted by Gasteiger charge is 2.38. The Morgan fingerprint density at radius 3 is 2.66 bits per heavy atom. The molecule has 1 atom stereocenters. The van der Waals surface area contributed by atoms with E-state index >= 15 is 0 Å². The summed E-state index contributed by atoms with van der Waals surface area (Å²) in [4.78, 5) is 17.6. The van der Waals surface area contributed by atoms with Gasteiger partial charge in [0.15, 0.2) is 6.04 Å². The van der Waals surface area contributed by atoms with E-state index in [9.17, 15) is 4.79 Å². The van der Waals surface area contributed by atoms with E-state index in [0.717, 1.165) is 61.1 Å². The van der Waals surface area contributed by atoms with E-state index in [4.69, 9.17) is 0 Å². The van der Waals surface area contributed by atoms with Gasteiger partial charge in [0.25, 0.3) is 5.56 Å². The van der Waals surface area contributed by atoms with Crippen LogP contribution in [0.5, 0.6) is 0 Å². The summed E-state index contributed by atoms with van der Waals surface area (Å²) in [6, 6.07) is 8.13. The highest BCUT2D eigenvalue weighted by molar-refractivity contribution is 5.79. The fraction of sp³-hybridized carbons (Fsp3) is 0.545. The van der Waals surface area contributed by atoms with Gasteiger partial charge in [0.2, 0.25) is 5.82 Å². The van der Waals surface area contributed by atoms with Gasteiger partial charge in [0.1, 0.15) is 0 Å². The van der Waals surface area contributed by atoms with Crippen LogP contribution >= 0.6 is 0 Å². The van der Waals surface area contributed by atoms with E-state index in [1.807, 2.05) is 10.7 Å². The maximum Gasteiger partial charge on any atom is 0.258 e. The largest absolute Gasteiger partial charge is 0.322 e. The molecule has 154 valence electrons. The number of rotatable bonds is 6. The van der Waals surface area contributed by atoms with Crippen molar-refractivity contribution in [3.8, 4) is 0 Å². The number of hydrogen-bond acceptors (Lipinski definition) is 4. The molecule has 0 unspecified atom stereocenters. The number of pyridine rings is 1. The molecule has 3 aromatic rings. The van der Waals surface area contributed by atoms with E-state index in [2.05, 4.69) is 66.4 Å². The molecule has 2 aromatic heterocycles.